The van der Waals surface area contributed by atoms with Gasteiger partial charge in [0.2, 0.25) is 0 Å². The van der Waals surface area contributed by atoms with Crippen LogP contribution < -0.4 is 4.90 Å². The Bertz CT molecular complexity index is 2760. The molecule has 2 heterocycles. The minimum atomic E-state index is 0.0115. The van der Waals surface area contributed by atoms with Crippen LogP contribution in [0.1, 0.15) is 162 Å². The van der Waals surface area contributed by atoms with Gasteiger partial charge < -0.3 is 9.47 Å². The summed E-state index contributed by atoms with van der Waals surface area (Å²) in [5.41, 5.74) is 19.3. The zero-order valence-electron chi connectivity index (χ0n) is 39.3. The first kappa shape index (κ1) is 43.6. The number of unbranched alkanes of at least 4 members (excludes halogenated alkanes) is 10. The number of rotatable bonds is 20. The van der Waals surface area contributed by atoms with E-state index in [0.29, 0.717) is 0 Å². The molecule has 9 rings (SSSR count). The summed E-state index contributed by atoms with van der Waals surface area (Å²) in [5.74, 6) is 0. The van der Waals surface area contributed by atoms with E-state index < -0.39 is 0 Å². The quantitative estimate of drug-likeness (QED) is 0.0548. The molecule has 0 atom stereocenters. The Balaban J connectivity index is 1.05. The van der Waals surface area contributed by atoms with E-state index >= 15 is 0 Å². The second kappa shape index (κ2) is 20.1. The maximum atomic E-state index is 2.59. The van der Waals surface area contributed by atoms with Gasteiger partial charge in [0.1, 0.15) is 0 Å². The van der Waals surface area contributed by atoms with Gasteiger partial charge in [-0.05, 0) is 119 Å². The van der Waals surface area contributed by atoms with E-state index in [9.17, 15) is 0 Å². The number of hydrogen-bond donors (Lipinski definition) is 0. The molecule has 1 aliphatic carbocycles. The predicted molar refractivity (Wildman–Crippen MR) is 280 cm³/mol. The van der Waals surface area contributed by atoms with Crippen LogP contribution in [0.25, 0.3) is 57.2 Å². The van der Waals surface area contributed by atoms with Gasteiger partial charge in [-0.3, -0.25) is 0 Å². The highest BCUT2D eigenvalue weighted by Crippen LogP contribution is 2.55. The average molecular weight is 843 g/mol. The molecule has 0 fully saturated rings. The van der Waals surface area contributed by atoms with Crippen LogP contribution >= 0.6 is 0 Å². The molecule has 1 aromatic heterocycles. The third-order valence-electron chi connectivity index (χ3n) is 14.7. The van der Waals surface area contributed by atoms with Crippen molar-refractivity contribution in [3.8, 4) is 11.1 Å². The van der Waals surface area contributed by atoms with Gasteiger partial charge in [0.25, 0.3) is 0 Å². The van der Waals surface area contributed by atoms with Crippen LogP contribution in [0.15, 0.2) is 121 Å². The van der Waals surface area contributed by atoms with Gasteiger partial charge in [0, 0.05) is 58.1 Å². The van der Waals surface area contributed by atoms with Crippen molar-refractivity contribution in [2.24, 2.45) is 0 Å². The molecule has 0 N–H and O–H groups in total. The summed E-state index contributed by atoms with van der Waals surface area (Å²) in [6.07, 6.45) is 28.7. The van der Waals surface area contributed by atoms with Gasteiger partial charge in [0.15, 0.2) is 0 Å². The van der Waals surface area contributed by atoms with E-state index in [1.165, 1.54) is 168 Å². The van der Waals surface area contributed by atoms with Gasteiger partial charge in [-0.15, -0.1) is 0 Å². The van der Waals surface area contributed by atoms with Crippen LogP contribution in [-0.2, 0) is 18.4 Å². The molecule has 1 aliphatic heterocycles. The van der Waals surface area contributed by atoms with Crippen molar-refractivity contribution in [1.29, 1.82) is 0 Å². The topological polar surface area (TPSA) is 8.17 Å². The number of aryl methyl sites for hydroxylation is 1. The van der Waals surface area contributed by atoms with Crippen molar-refractivity contribution in [1.82, 2.24) is 4.57 Å². The Kier molecular flexibility index (Phi) is 13.7. The molecule has 0 radical (unpaired) electrons. The predicted octanol–water partition coefficient (Wildman–Crippen LogP) is 18.0. The first-order valence-electron chi connectivity index (χ1n) is 25.2. The van der Waals surface area contributed by atoms with Crippen LogP contribution in [0, 0.1) is 0 Å². The van der Waals surface area contributed by atoms with Crippen LogP contribution in [0.4, 0.5) is 11.4 Å². The monoisotopic (exact) mass is 843 g/mol. The van der Waals surface area contributed by atoms with Crippen LogP contribution in [0.5, 0.6) is 0 Å². The van der Waals surface area contributed by atoms with E-state index in [0.717, 1.165) is 19.5 Å². The van der Waals surface area contributed by atoms with Crippen molar-refractivity contribution in [3.05, 3.63) is 166 Å². The fourth-order valence-corrected chi connectivity index (χ4v) is 11.4. The fraction of sp³-hybridized carbons (Fsp3) is 0.355. The van der Waals surface area contributed by atoms with Crippen molar-refractivity contribution in [2.45, 2.75) is 136 Å². The first-order chi connectivity index (χ1) is 31.5. The molecule has 328 valence electrons. The summed E-state index contributed by atoms with van der Waals surface area (Å²) in [7, 11) is 0. The second-order valence-electron chi connectivity index (χ2n) is 18.9. The Hall–Kier alpha value is -5.60. The van der Waals surface area contributed by atoms with E-state index in [-0.39, 0.29) is 5.41 Å². The van der Waals surface area contributed by atoms with Crippen molar-refractivity contribution < 1.29 is 0 Å². The van der Waals surface area contributed by atoms with E-state index in [4.69, 9.17) is 0 Å². The summed E-state index contributed by atoms with van der Waals surface area (Å²) >= 11 is 0. The third kappa shape index (κ3) is 8.78. The fourth-order valence-electron chi connectivity index (χ4n) is 11.4. The van der Waals surface area contributed by atoms with Gasteiger partial charge in [-0.1, -0.05) is 200 Å². The number of hydrogen-bond acceptors (Lipinski definition) is 1. The average Bonchev–Trinajstić information content (AvgIpc) is 3.79. The molecule has 0 spiro atoms. The molecule has 7 aromatic rings. The largest absolute Gasteiger partial charge is 0.341 e. The van der Waals surface area contributed by atoms with Gasteiger partial charge in [0.05, 0.1) is 0 Å². The lowest BCUT2D eigenvalue weighted by Crippen LogP contribution is -2.25. The molecular formula is C62H70N2. The smallest absolute Gasteiger partial charge is 0.0491 e. The van der Waals surface area contributed by atoms with Crippen molar-refractivity contribution in [3.63, 3.8) is 0 Å². The van der Waals surface area contributed by atoms with Crippen molar-refractivity contribution in [2.75, 3.05) is 11.4 Å². The SMILES string of the molecule is CCCCCCCCC1(CCCCCCCC)c2cc(/C=C/c3ccc4c(c3)Cc3ccccc3N4CC)ccc2-c2ccc(/C=C/c3ccc4c(c3)c3ccccc3n4CC)cc21. The van der Waals surface area contributed by atoms with E-state index in [1.807, 2.05) is 0 Å². The molecule has 0 unspecified atom stereocenters. The zero-order chi connectivity index (χ0) is 43.9. The second-order valence-corrected chi connectivity index (χ2v) is 18.9. The molecule has 0 bridgehead atoms. The highest BCUT2D eigenvalue weighted by molar-refractivity contribution is 6.08. The first-order valence-corrected chi connectivity index (χ1v) is 25.2. The lowest BCUT2D eigenvalue weighted by Gasteiger charge is -2.33. The van der Waals surface area contributed by atoms with Crippen LogP contribution in [0.2, 0.25) is 0 Å². The highest BCUT2D eigenvalue weighted by Gasteiger charge is 2.42. The molecule has 0 saturated heterocycles. The third-order valence-corrected chi connectivity index (χ3v) is 14.7. The summed E-state index contributed by atoms with van der Waals surface area (Å²) in [5, 5.41) is 2.68. The summed E-state index contributed by atoms with van der Waals surface area (Å²) in [4.78, 5) is 2.47. The van der Waals surface area contributed by atoms with Crippen LogP contribution in [0.3, 0.4) is 0 Å². The van der Waals surface area contributed by atoms with Crippen LogP contribution in [-0.4, -0.2) is 11.1 Å². The maximum Gasteiger partial charge on any atom is 0.0491 e. The standard InChI is InChI=1S/C62H70N2/c1-5-9-11-13-15-21-39-62(40-22-16-14-12-10-6-2)56-43-48(29-27-46-33-37-59-51(41-46)45-50-23-17-19-25-58(50)63(59)7-3)31-35-52(56)53-36-32-49(44-57(53)62)30-28-47-34-38-61-55(42-47)54-24-18-20-26-60(54)64(61)8-4/h17-20,23-38,41-44H,5-16,21-22,39-40,45H2,1-4H3/b29-27+,30-28+. The normalized spacial score (nSPS) is 13.9. The number of benzene rings is 6. The lowest BCUT2D eigenvalue weighted by atomic mass is 9.70. The zero-order valence-corrected chi connectivity index (χ0v) is 39.3. The summed E-state index contributed by atoms with van der Waals surface area (Å²) in [6, 6.07) is 46.7. The van der Waals surface area contributed by atoms with Crippen molar-refractivity contribution >= 4 is 57.5 Å². The molecule has 0 saturated carbocycles. The Morgan fingerprint density at radius 3 is 1.59 bits per heavy atom. The minimum Gasteiger partial charge on any atom is -0.341 e. The minimum absolute atomic E-state index is 0.0115. The van der Waals surface area contributed by atoms with Gasteiger partial charge >= 0.3 is 0 Å². The number of nitrogens with zero attached hydrogens (tertiary/aromatic N) is 2. The lowest BCUT2D eigenvalue weighted by molar-refractivity contribution is 0.398. The summed E-state index contributed by atoms with van der Waals surface area (Å²) in [6.45, 7) is 11.1. The van der Waals surface area contributed by atoms with Gasteiger partial charge in [-0.2, -0.15) is 0 Å². The highest BCUT2D eigenvalue weighted by atomic mass is 15.1. The van der Waals surface area contributed by atoms with E-state index in [1.54, 1.807) is 11.1 Å². The molecular weight excluding hydrogens is 773 g/mol. The maximum absolute atomic E-state index is 2.59. The molecule has 64 heavy (non-hydrogen) atoms. The number of fused-ring (bicyclic) bond motifs is 8. The molecule has 2 nitrogen and oxygen atoms in total. The Labute approximate surface area is 384 Å². The van der Waals surface area contributed by atoms with E-state index in [2.05, 4.69) is 183 Å². The summed E-state index contributed by atoms with van der Waals surface area (Å²) < 4.78 is 2.44. The molecule has 6 aromatic carbocycles. The van der Waals surface area contributed by atoms with Gasteiger partial charge in [-0.25, -0.2) is 0 Å². The molecule has 2 heteroatoms. The Morgan fingerprint density at radius 2 is 0.953 bits per heavy atom. The Morgan fingerprint density at radius 1 is 0.438 bits per heavy atom. The molecule has 0 amide bonds. The number of anilines is 2. The number of para-hydroxylation sites is 2. The number of aromatic nitrogens is 1. The molecule has 2 aliphatic rings.